The van der Waals surface area contributed by atoms with Gasteiger partial charge in [-0.2, -0.15) is 5.10 Å². The van der Waals surface area contributed by atoms with E-state index in [1.165, 1.54) is 12.1 Å². The standard InChI is InChI=1S/C20H24FN5O/c1-14(2)19-18(13-24-26(19)17-7-5-16(21)6-8-17)20(27)23-9-4-11-25-12-10-22-15(25)3/h5-8,10,12-14H,4,9,11H2,1-3H3,(H,23,27). The molecule has 0 atom stereocenters. The van der Waals surface area contributed by atoms with E-state index in [0.717, 1.165) is 30.2 Å². The maximum absolute atomic E-state index is 13.2. The number of aromatic nitrogens is 4. The molecule has 6 nitrogen and oxygen atoms in total. The second-order valence-electron chi connectivity index (χ2n) is 6.76. The van der Waals surface area contributed by atoms with E-state index in [1.807, 2.05) is 27.0 Å². The summed E-state index contributed by atoms with van der Waals surface area (Å²) in [7, 11) is 0. The van der Waals surface area contributed by atoms with Gasteiger partial charge in [-0.05, 0) is 43.5 Å². The van der Waals surface area contributed by atoms with Crippen LogP contribution in [0, 0.1) is 12.7 Å². The lowest BCUT2D eigenvalue weighted by molar-refractivity contribution is 0.0951. The van der Waals surface area contributed by atoms with Crippen molar-refractivity contribution >= 4 is 5.91 Å². The highest BCUT2D eigenvalue weighted by Gasteiger charge is 2.20. The van der Waals surface area contributed by atoms with Crippen LogP contribution in [0.2, 0.25) is 0 Å². The Morgan fingerprint density at radius 1 is 1.26 bits per heavy atom. The quantitative estimate of drug-likeness (QED) is 0.649. The number of halogens is 1. The lowest BCUT2D eigenvalue weighted by Crippen LogP contribution is -2.26. The maximum Gasteiger partial charge on any atom is 0.254 e. The molecule has 1 aromatic carbocycles. The molecule has 2 aromatic heterocycles. The third kappa shape index (κ3) is 4.24. The first-order valence-electron chi connectivity index (χ1n) is 9.07. The largest absolute Gasteiger partial charge is 0.352 e. The summed E-state index contributed by atoms with van der Waals surface area (Å²) in [6.07, 6.45) is 6.09. The minimum atomic E-state index is -0.303. The van der Waals surface area contributed by atoms with E-state index in [-0.39, 0.29) is 17.6 Å². The number of carbonyl (C=O) groups excluding carboxylic acids is 1. The van der Waals surface area contributed by atoms with Gasteiger partial charge in [-0.25, -0.2) is 14.1 Å². The minimum Gasteiger partial charge on any atom is -0.352 e. The van der Waals surface area contributed by atoms with Gasteiger partial charge in [-0.3, -0.25) is 4.79 Å². The van der Waals surface area contributed by atoms with Gasteiger partial charge in [-0.1, -0.05) is 13.8 Å². The van der Waals surface area contributed by atoms with Gasteiger partial charge in [0.05, 0.1) is 23.1 Å². The number of aryl methyl sites for hydroxylation is 2. The molecule has 0 unspecified atom stereocenters. The molecule has 142 valence electrons. The van der Waals surface area contributed by atoms with Crippen molar-refractivity contribution in [2.75, 3.05) is 6.54 Å². The van der Waals surface area contributed by atoms with Gasteiger partial charge in [0.1, 0.15) is 11.6 Å². The smallest absolute Gasteiger partial charge is 0.254 e. The Morgan fingerprint density at radius 3 is 2.63 bits per heavy atom. The van der Waals surface area contributed by atoms with Crippen LogP contribution in [0.1, 0.15) is 48.1 Å². The number of nitrogens with zero attached hydrogens (tertiary/aromatic N) is 4. The van der Waals surface area contributed by atoms with Gasteiger partial charge >= 0.3 is 0 Å². The molecule has 0 radical (unpaired) electrons. The first-order valence-corrected chi connectivity index (χ1v) is 9.07. The van der Waals surface area contributed by atoms with Crippen LogP contribution in [0.5, 0.6) is 0 Å². The number of benzene rings is 1. The van der Waals surface area contributed by atoms with E-state index < -0.39 is 0 Å². The highest BCUT2D eigenvalue weighted by molar-refractivity contribution is 5.95. The molecule has 0 bridgehead atoms. The number of carbonyl (C=O) groups is 1. The Hall–Kier alpha value is -2.96. The van der Waals surface area contributed by atoms with Crippen molar-refractivity contribution in [3.8, 4) is 5.69 Å². The SMILES string of the molecule is Cc1nccn1CCCNC(=O)c1cnn(-c2ccc(F)cc2)c1C(C)C. The third-order valence-corrected chi connectivity index (χ3v) is 4.45. The van der Waals surface area contributed by atoms with E-state index in [1.54, 1.807) is 29.2 Å². The molecule has 0 aliphatic heterocycles. The van der Waals surface area contributed by atoms with Crippen molar-refractivity contribution in [1.82, 2.24) is 24.6 Å². The van der Waals surface area contributed by atoms with Gasteiger partial charge in [-0.15, -0.1) is 0 Å². The molecule has 0 spiro atoms. The fourth-order valence-corrected chi connectivity index (χ4v) is 3.06. The molecule has 27 heavy (non-hydrogen) atoms. The Bertz CT molecular complexity index is 911. The highest BCUT2D eigenvalue weighted by atomic mass is 19.1. The molecule has 0 aliphatic carbocycles. The van der Waals surface area contributed by atoms with Crippen molar-refractivity contribution in [1.29, 1.82) is 0 Å². The molecular formula is C20H24FN5O. The Labute approximate surface area is 158 Å². The molecule has 3 aromatic rings. The number of amides is 1. The molecule has 0 saturated carbocycles. The summed E-state index contributed by atoms with van der Waals surface area (Å²) in [6, 6.07) is 6.09. The average Bonchev–Trinajstić information content (AvgIpc) is 3.26. The third-order valence-electron chi connectivity index (χ3n) is 4.45. The van der Waals surface area contributed by atoms with Crippen molar-refractivity contribution in [3.05, 3.63) is 65.8 Å². The van der Waals surface area contributed by atoms with E-state index in [2.05, 4.69) is 20.0 Å². The zero-order valence-electron chi connectivity index (χ0n) is 15.8. The first kappa shape index (κ1) is 18.8. The Morgan fingerprint density at radius 2 is 2.00 bits per heavy atom. The van der Waals surface area contributed by atoms with E-state index in [0.29, 0.717) is 12.1 Å². The topological polar surface area (TPSA) is 64.7 Å². The molecule has 1 amide bonds. The lowest BCUT2D eigenvalue weighted by atomic mass is 10.0. The second kappa shape index (κ2) is 8.16. The van der Waals surface area contributed by atoms with Crippen molar-refractivity contribution in [2.24, 2.45) is 0 Å². The van der Waals surface area contributed by atoms with Crippen LogP contribution in [0.3, 0.4) is 0 Å². The van der Waals surface area contributed by atoms with Gasteiger partial charge in [0, 0.05) is 25.5 Å². The van der Waals surface area contributed by atoms with Crippen LogP contribution in [0.4, 0.5) is 4.39 Å². The average molecular weight is 369 g/mol. The molecule has 1 N–H and O–H groups in total. The number of nitrogens with one attached hydrogen (secondary N) is 1. The maximum atomic E-state index is 13.2. The van der Waals surface area contributed by atoms with Gasteiger partial charge in [0.25, 0.3) is 5.91 Å². The van der Waals surface area contributed by atoms with E-state index in [4.69, 9.17) is 0 Å². The van der Waals surface area contributed by atoms with Crippen LogP contribution in [0.25, 0.3) is 5.69 Å². The molecule has 3 rings (SSSR count). The van der Waals surface area contributed by atoms with Crippen LogP contribution < -0.4 is 5.32 Å². The molecule has 0 saturated heterocycles. The van der Waals surface area contributed by atoms with E-state index >= 15 is 0 Å². The van der Waals surface area contributed by atoms with Crippen LogP contribution in [-0.2, 0) is 6.54 Å². The summed E-state index contributed by atoms with van der Waals surface area (Å²) in [5.74, 6) is 0.605. The normalized spacial score (nSPS) is 11.1. The van der Waals surface area contributed by atoms with Crippen LogP contribution >= 0.6 is 0 Å². The molecular weight excluding hydrogens is 345 g/mol. The van der Waals surface area contributed by atoms with E-state index in [9.17, 15) is 9.18 Å². The minimum absolute atomic E-state index is 0.0897. The fraction of sp³-hybridized carbons (Fsp3) is 0.350. The summed E-state index contributed by atoms with van der Waals surface area (Å²) in [6.45, 7) is 7.34. The van der Waals surface area contributed by atoms with Gasteiger partial charge < -0.3 is 9.88 Å². The number of hydrogen-bond donors (Lipinski definition) is 1. The van der Waals surface area contributed by atoms with Crippen molar-refractivity contribution < 1.29 is 9.18 Å². The highest BCUT2D eigenvalue weighted by Crippen LogP contribution is 2.23. The summed E-state index contributed by atoms with van der Waals surface area (Å²) in [4.78, 5) is 16.8. The fourth-order valence-electron chi connectivity index (χ4n) is 3.06. The Kier molecular flexibility index (Phi) is 5.69. The van der Waals surface area contributed by atoms with Crippen LogP contribution in [-0.4, -0.2) is 31.8 Å². The molecule has 0 fully saturated rings. The molecule has 7 heteroatoms. The number of rotatable bonds is 7. The molecule has 2 heterocycles. The summed E-state index contributed by atoms with van der Waals surface area (Å²) < 4.78 is 17.0. The van der Waals surface area contributed by atoms with Crippen LogP contribution in [0.15, 0.2) is 42.9 Å². The summed E-state index contributed by atoms with van der Waals surface area (Å²) >= 11 is 0. The van der Waals surface area contributed by atoms with Gasteiger partial charge in [0.2, 0.25) is 0 Å². The van der Waals surface area contributed by atoms with Gasteiger partial charge in [0.15, 0.2) is 0 Å². The predicted octanol–water partition coefficient (Wildman–Crippen LogP) is 3.46. The lowest BCUT2D eigenvalue weighted by Gasteiger charge is -2.13. The number of imidazole rings is 1. The summed E-state index contributed by atoms with van der Waals surface area (Å²) in [5, 5.41) is 7.32. The number of hydrogen-bond acceptors (Lipinski definition) is 3. The zero-order chi connectivity index (χ0) is 19.4. The van der Waals surface area contributed by atoms with Crippen molar-refractivity contribution in [3.63, 3.8) is 0 Å². The molecule has 0 aliphatic rings. The van der Waals surface area contributed by atoms with Crippen molar-refractivity contribution in [2.45, 2.75) is 39.7 Å². The summed E-state index contributed by atoms with van der Waals surface area (Å²) in [5.41, 5.74) is 2.09. The monoisotopic (exact) mass is 369 g/mol. The first-order chi connectivity index (χ1) is 13.0. The predicted molar refractivity (Wildman–Crippen MR) is 102 cm³/mol. The second-order valence-corrected chi connectivity index (χ2v) is 6.76. The Balaban J connectivity index is 1.69. The zero-order valence-corrected chi connectivity index (χ0v) is 15.8.